The maximum absolute atomic E-state index is 11.8. The maximum atomic E-state index is 11.8. The Bertz CT molecular complexity index is 443. The molecule has 20 heavy (non-hydrogen) atoms. The van der Waals surface area contributed by atoms with Gasteiger partial charge in [0.1, 0.15) is 6.61 Å². The van der Waals surface area contributed by atoms with E-state index in [0.29, 0.717) is 6.61 Å². The zero-order valence-corrected chi connectivity index (χ0v) is 13.1. The second-order valence-electron chi connectivity index (χ2n) is 4.85. The SMILES string of the molecule is CC(OCC1CCCO1)C(=O)OCc1cccc(Br)c1. The van der Waals surface area contributed by atoms with Crippen molar-refractivity contribution in [3.05, 3.63) is 34.3 Å². The van der Waals surface area contributed by atoms with Gasteiger partial charge in [-0.25, -0.2) is 4.79 Å². The molecule has 1 aromatic rings. The van der Waals surface area contributed by atoms with Crippen LogP contribution in [0.15, 0.2) is 28.7 Å². The number of hydrogen-bond donors (Lipinski definition) is 0. The van der Waals surface area contributed by atoms with Crippen molar-refractivity contribution in [3.63, 3.8) is 0 Å². The van der Waals surface area contributed by atoms with Gasteiger partial charge in [0, 0.05) is 11.1 Å². The summed E-state index contributed by atoms with van der Waals surface area (Å²) in [6.45, 7) is 3.20. The number of hydrogen-bond acceptors (Lipinski definition) is 4. The fourth-order valence-electron chi connectivity index (χ4n) is 1.99. The Morgan fingerprint density at radius 1 is 1.55 bits per heavy atom. The first kappa shape index (κ1) is 15.5. The first-order valence-electron chi connectivity index (χ1n) is 6.79. The molecule has 1 fully saturated rings. The topological polar surface area (TPSA) is 44.8 Å². The van der Waals surface area contributed by atoms with E-state index < -0.39 is 6.10 Å². The summed E-state index contributed by atoms with van der Waals surface area (Å²) in [7, 11) is 0. The quantitative estimate of drug-likeness (QED) is 0.745. The minimum atomic E-state index is -0.564. The molecule has 110 valence electrons. The molecule has 5 heteroatoms. The van der Waals surface area contributed by atoms with Gasteiger partial charge in [0.15, 0.2) is 6.10 Å². The van der Waals surface area contributed by atoms with E-state index in [1.165, 1.54) is 0 Å². The van der Waals surface area contributed by atoms with Crippen molar-refractivity contribution >= 4 is 21.9 Å². The van der Waals surface area contributed by atoms with E-state index in [0.717, 1.165) is 29.5 Å². The molecule has 0 aromatic heterocycles. The molecule has 1 aromatic carbocycles. The zero-order chi connectivity index (χ0) is 14.4. The van der Waals surface area contributed by atoms with Crippen molar-refractivity contribution in [1.29, 1.82) is 0 Å². The predicted molar refractivity (Wildman–Crippen MR) is 78.3 cm³/mol. The Morgan fingerprint density at radius 3 is 3.10 bits per heavy atom. The fraction of sp³-hybridized carbons (Fsp3) is 0.533. The highest BCUT2D eigenvalue weighted by molar-refractivity contribution is 9.10. The summed E-state index contributed by atoms with van der Waals surface area (Å²) in [5.41, 5.74) is 0.944. The summed E-state index contributed by atoms with van der Waals surface area (Å²) in [6.07, 6.45) is 1.62. The van der Waals surface area contributed by atoms with Crippen molar-refractivity contribution in [3.8, 4) is 0 Å². The summed E-state index contributed by atoms with van der Waals surface area (Å²) in [5.74, 6) is -0.344. The summed E-state index contributed by atoms with van der Waals surface area (Å²) in [6, 6.07) is 7.67. The molecule has 0 radical (unpaired) electrons. The van der Waals surface area contributed by atoms with Crippen molar-refractivity contribution < 1.29 is 19.0 Å². The van der Waals surface area contributed by atoms with Crippen molar-refractivity contribution in [2.24, 2.45) is 0 Å². The number of ether oxygens (including phenoxy) is 3. The van der Waals surface area contributed by atoms with Gasteiger partial charge < -0.3 is 14.2 Å². The van der Waals surface area contributed by atoms with Crippen molar-refractivity contribution in [2.45, 2.75) is 38.6 Å². The Kier molecular flexibility index (Phi) is 6.01. The van der Waals surface area contributed by atoms with Gasteiger partial charge in [-0.15, -0.1) is 0 Å². The predicted octanol–water partition coefficient (Wildman–Crippen LogP) is 3.08. The van der Waals surface area contributed by atoms with Crippen molar-refractivity contribution in [1.82, 2.24) is 0 Å². The average Bonchev–Trinajstić information content (AvgIpc) is 2.95. The molecule has 2 rings (SSSR count). The monoisotopic (exact) mass is 342 g/mol. The molecule has 1 aliphatic heterocycles. The first-order valence-corrected chi connectivity index (χ1v) is 7.59. The molecule has 2 atom stereocenters. The van der Waals surface area contributed by atoms with Gasteiger partial charge in [-0.1, -0.05) is 28.1 Å². The van der Waals surface area contributed by atoms with Gasteiger partial charge in [-0.2, -0.15) is 0 Å². The minimum Gasteiger partial charge on any atom is -0.459 e. The fourth-order valence-corrected chi connectivity index (χ4v) is 2.44. The lowest BCUT2D eigenvalue weighted by Gasteiger charge is -2.15. The average molecular weight is 343 g/mol. The molecule has 1 saturated heterocycles. The Labute approximate surface area is 127 Å². The van der Waals surface area contributed by atoms with Crippen LogP contribution < -0.4 is 0 Å². The van der Waals surface area contributed by atoms with E-state index in [-0.39, 0.29) is 18.7 Å². The van der Waals surface area contributed by atoms with E-state index in [4.69, 9.17) is 14.2 Å². The largest absolute Gasteiger partial charge is 0.459 e. The second kappa shape index (κ2) is 7.76. The van der Waals surface area contributed by atoms with Gasteiger partial charge in [0.25, 0.3) is 0 Å². The van der Waals surface area contributed by atoms with Crippen LogP contribution in [0.3, 0.4) is 0 Å². The van der Waals surface area contributed by atoms with Gasteiger partial charge in [0.2, 0.25) is 0 Å². The maximum Gasteiger partial charge on any atom is 0.335 e. The van der Waals surface area contributed by atoms with Gasteiger partial charge >= 0.3 is 5.97 Å². The number of carbonyl (C=O) groups excluding carboxylic acids is 1. The molecule has 2 unspecified atom stereocenters. The number of rotatable bonds is 6. The third kappa shape index (κ3) is 4.89. The van der Waals surface area contributed by atoms with Crippen LogP contribution in [0.25, 0.3) is 0 Å². The number of carbonyl (C=O) groups is 1. The molecular weight excluding hydrogens is 324 g/mol. The van der Waals surface area contributed by atoms with Crippen LogP contribution in [0.4, 0.5) is 0 Å². The first-order chi connectivity index (χ1) is 9.65. The second-order valence-corrected chi connectivity index (χ2v) is 5.76. The Morgan fingerprint density at radius 2 is 2.40 bits per heavy atom. The third-order valence-corrected chi connectivity index (χ3v) is 3.65. The highest BCUT2D eigenvalue weighted by atomic mass is 79.9. The molecule has 0 bridgehead atoms. The normalized spacial score (nSPS) is 19.8. The third-order valence-electron chi connectivity index (χ3n) is 3.16. The molecular formula is C15H19BrO4. The lowest BCUT2D eigenvalue weighted by atomic mass is 10.2. The van der Waals surface area contributed by atoms with Gasteiger partial charge in [-0.05, 0) is 37.5 Å². The molecule has 1 heterocycles. The lowest BCUT2D eigenvalue weighted by molar-refractivity contribution is -0.159. The molecule has 1 aliphatic rings. The van der Waals surface area contributed by atoms with Crippen molar-refractivity contribution in [2.75, 3.05) is 13.2 Å². The number of esters is 1. The van der Waals surface area contributed by atoms with Crippen LogP contribution in [0.2, 0.25) is 0 Å². The highest BCUT2D eigenvalue weighted by Crippen LogP contribution is 2.14. The highest BCUT2D eigenvalue weighted by Gasteiger charge is 2.20. The zero-order valence-electron chi connectivity index (χ0n) is 11.5. The number of halogens is 1. The smallest absolute Gasteiger partial charge is 0.335 e. The minimum absolute atomic E-state index is 0.121. The van der Waals surface area contributed by atoms with E-state index in [2.05, 4.69) is 15.9 Å². The summed E-state index contributed by atoms with van der Waals surface area (Å²) >= 11 is 3.38. The van der Waals surface area contributed by atoms with Gasteiger partial charge in [-0.3, -0.25) is 0 Å². The van der Waals surface area contributed by atoms with Gasteiger partial charge in [0.05, 0.1) is 12.7 Å². The Hall–Kier alpha value is -0.910. The molecule has 0 spiro atoms. The van der Waals surface area contributed by atoms with E-state index in [1.54, 1.807) is 6.92 Å². The Balaban J connectivity index is 1.70. The summed E-state index contributed by atoms with van der Waals surface area (Å²) < 4.78 is 17.1. The lowest BCUT2D eigenvalue weighted by Crippen LogP contribution is -2.27. The van der Waals surface area contributed by atoms with Crippen LogP contribution in [-0.2, 0) is 25.6 Å². The standard InChI is InChI=1S/C15H19BrO4/c1-11(19-10-14-6-3-7-18-14)15(17)20-9-12-4-2-5-13(16)8-12/h2,4-5,8,11,14H,3,6-7,9-10H2,1H3. The molecule has 0 aliphatic carbocycles. The summed E-state index contributed by atoms with van der Waals surface area (Å²) in [4.78, 5) is 11.8. The molecule has 0 amide bonds. The summed E-state index contributed by atoms with van der Waals surface area (Å²) in [5, 5.41) is 0. The van der Waals surface area contributed by atoms with Crippen LogP contribution in [-0.4, -0.2) is 31.4 Å². The number of benzene rings is 1. The van der Waals surface area contributed by atoms with Crippen LogP contribution in [0.5, 0.6) is 0 Å². The van der Waals surface area contributed by atoms with Crippen LogP contribution in [0, 0.1) is 0 Å². The van der Waals surface area contributed by atoms with Crippen LogP contribution >= 0.6 is 15.9 Å². The van der Waals surface area contributed by atoms with E-state index in [1.807, 2.05) is 24.3 Å². The molecule has 0 N–H and O–H groups in total. The molecule has 0 saturated carbocycles. The molecule has 4 nitrogen and oxygen atoms in total. The van der Waals surface area contributed by atoms with E-state index >= 15 is 0 Å². The van der Waals surface area contributed by atoms with Crippen LogP contribution in [0.1, 0.15) is 25.3 Å². The van der Waals surface area contributed by atoms with E-state index in [9.17, 15) is 4.79 Å².